The van der Waals surface area contributed by atoms with E-state index in [9.17, 15) is 4.79 Å². The third-order valence-corrected chi connectivity index (χ3v) is 4.26. The number of rotatable bonds is 6. The predicted molar refractivity (Wildman–Crippen MR) is 102 cm³/mol. The maximum absolute atomic E-state index is 12.0. The number of hydrogen-bond donors (Lipinski definition) is 1. The molecule has 0 aliphatic rings. The number of hydrazone groups is 1. The summed E-state index contributed by atoms with van der Waals surface area (Å²) in [7, 11) is 3.56. The van der Waals surface area contributed by atoms with Crippen molar-refractivity contribution in [2.75, 3.05) is 13.7 Å². The van der Waals surface area contributed by atoms with E-state index in [0.717, 1.165) is 22.2 Å². The van der Waals surface area contributed by atoms with Gasteiger partial charge < -0.3 is 14.0 Å². The molecule has 0 bridgehead atoms. The lowest BCUT2D eigenvalue weighted by atomic mass is 10.1. The van der Waals surface area contributed by atoms with Crippen molar-refractivity contribution in [3.63, 3.8) is 0 Å². The SMILES string of the molecule is COc1ccccc1OCC(=O)N/N=C\c1c(C)n(C)c2ccccc12. The molecule has 0 spiro atoms. The van der Waals surface area contributed by atoms with Gasteiger partial charge in [0.05, 0.1) is 13.3 Å². The van der Waals surface area contributed by atoms with Crippen LogP contribution in [0.1, 0.15) is 11.3 Å². The van der Waals surface area contributed by atoms with E-state index in [1.807, 2.05) is 44.3 Å². The van der Waals surface area contributed by atoms with Crippen LogP contribution in [-0.4, -0.2) is 30.4 Å². The third kappa shape index (κ3) is 3.54. The van der Waals surface area contributed by atoms with E-state index in [0.29, 0.717) is 11.5 Å². The second-order valence-electron chi connectivity index (χ2n) is 5.81. The first-order valence-electron chi connectivity index (χ1n) is 8.23. The van der Waals surface area contributed by atoms with Gasteiger partial charge in [-0.05, 0) is 25.1 Å². The standard InChI is InChI=1S/C20H21N3O3/c1-14-16(15-8-4-5-9-17(15)23(14)2)12-21-22-20(24)13-26-19-11-7-6-10-18(19)25-3/h4-12H,13H2,1-3H3,(H,22,24)/b21-12-. The van der Waals surface area contributed by atoms with Gasteiger partial charge in [0.15, 0.2) is 18.1 Å². The first-order chi connectivity index (χ1) is 12.6. The summed E-state index contributed by atoms with van der Waals surface area (Å²) < 4.78 is 12.8. The summed E-state index contributed by atoms with van der Waals surface area (Å²) in [6.07, 6.45) is 1.67. The van der Waals surface area contributed by atoms with Crippen molar-refractivity contribution in [3.05, 3.63) is 59.8 Å². The molecule has 0 radical (unpaired) electrons. The summed E-state index contributed by atoms with van der Waals surface area (Å²) in [5.74, 6) is 0.749. The van der Waals surface area contributed by atoms with Crippen LogP contribution in [-0.2, 0) is 11.8 Å². The molecule has 26 heavy (non-hydrogen) atoms. The fourth-order valence-corrected chi connectivity index (χ4v) is 2.80. The fourth-order valence-electron chi connectivity index (χ4n) is 2.80. The van der Waals surface area contributed by atoms with Crippen molar-refractivity contribution in [1.82, 2.24) is 9.99 Å². The molecule has 0 fully saturated rings. The molecule has 2 aromatic carbocycles. The van der Waals surface area contributed by atoms with Crippen LogP contribution in [0.25, 0.3) is 10.9 Å². The van der Waals surface area contributed by atoms with Gasteiger partial charge in [-0.3, -0.25) is 4.79 Å². The molecule has 1 N–H and O–H groups in total. The molecule has 1 aromatic heterocycles. The number of carbonyl (C=O) groups is 1. The quantitative estimate of drug-likeness (QED) is 0.548. The summed E-state index contributed by atoms with van der Waals surface area (Å²) in [6.45, 7) is 1.88. The van der Waals surface area contributed by atoms with Crippen molar-refractivity contribution in [2.24, 2.45) is 12.1 Å². The van der Waals surface area contributed by atoms with Gasteiger partial charge in [-0.25, -0.2) is 5.43 Å². The van der Waals surface area contributed by atoms with Crippen LogP contribution in [0.15, 0.2) is 53.6 Å². The van der Waals surface area contributed by atoms with E-state index in [4.69, 9.17) is 9.47 Å². The van der Waals surface area contributed by atoms with Gasteiger partial charge in [-0.2, -0.15) is 5.10 Å². The number of aryl methyl sites for hydroxylation is 1. The number of nitrogens with zero attached hydrogens (tertiary/aromatic N) is 2. The molecule has 0 saturated carbocycles. The van der Waals surface area contributed by atoms with E-state index in [2.05, 4.69) is 21.2 Å². The highest BCUT2D eigenvalue weighted by Crippen LogP contribution is 2.25. The molecule has 0 atom stereocenters. The largest absolute Gasteiger partial charge is 0.493 e. The zero-order chi connectivity index (χ0) is 18.5. The average Bonchev–Trinajstić information content (AvgIpc) is 2.91. The Hall–Kier alpha value is -3.28. The third-order valence-electron chi connectivity index (χ3n) is 4.26. The number of fused-ring (bicyclic) bond motifs is 1. The zero-order valence-corrected chi connectivity index (χ0v) is 15.0. The topological polar surface area (TPSA) is 64.8 Å². The maximum Gasteiger partial charge on any atom is 0.277 e. The smallest absolute Gasteiger partial charge is 0.277 e. The highest BCUT2D eigenvalue weighted by atomic mass is 16.5. The second kappa shape index (κ2) is 7.74. The number of ether oxygens (including phenoxy) is 2. The maximum atomic E-state index is 12.0. The molecule has 1 amide bonds. The second-order valence-corrected chi connectivity index (χ2v) is 5.81. The Morgan fingerprint density at radius 3 is 2.62 bits per heavy atom. The lowest BCUT2D eigenvalue weighted by Crippen LogP contribution is -2.24. The van der Waals surface area contributed by atoms with Gasteiger partial charge in [0, 0.05) is 29.2 Å². The van der Waals surface area contributed by atoms with Gasteiger partial charge in [0.25, 0.3) is 5.91 Å². The number of benzene rings is 2. The lowest BCUT2D eigenvalue weighted by Gasteiger charge is -2.09. The van der Waals surface area contributed by atoms with Gasteiger partial charge in [-0.15, -0.1) is 0 Å². The zero-order valence-electron chi connectivity index (χ0n) is 15.0. The van der Waals surface area contributed by atoms with Crippen molar-refractivity contribution < 1.29 is 14.3 Å². The lowest BCUT2D eigenvalue weighted by molar-refractivity contribution is -0.123. The van der Waals surface area contributed by atoms with E-state index in [1.165, 1.54) is 0 Å². The van der Waals surface area contributed by atoms with E-state index >= 15 is 0 Å². The molecule has 1 heterocycles. The molecule has 0 saturated heterocycles. The minimum atomic E-state index is -0.343. The Morgan fingerprint density at radius 2 is 1.85 bits per heavy atom. The van der Waals surface area contributed by atoms with Crippen molar-refractivity contribution >= 4 is 23.0 Å². The predicted octanol–water partition coefficient (Wildman–Crippen LogP) is 3.02. The van der Waals surface area contributed by atoms with Crippen LogP contribution in [0.2, 0.25) is 0 Å². The van der Waals surface area contributed by atoms with E-state index < -0.39 is 0 Å². The molecule has 134 valence electrons. The van der Waals surface area contributed by atoms with Gasteiger partial charge >= 0.3 is 0 Å². The first kappa shape index (κ1) is 17.5. The molecule has 0 aliphatic carbocycles. The first-order valence-corrected chi connectivity index (χ1v) is 8.23. The number of amides is 1. The molecule has 0 unspecified atom stereocenters. The van der Waals surface area contributed by atoms with Crippen LogP contribution in [0.4, 0.5) is 0 Å². The number of hydrogen-bond acceptors (Lipinski definition) is 4. The summed E-state index contributed by atoms with van der Waals surface area (Å²) in [5.41, 5.74) is 5.68. The van der Waals surface area contributed by atoms with Crippen molar-refractivity contribution in [2.45, 2.75) is 6.92 Å². The van der Waals surface area contributed by atoms with Crippen molar-refractivity contribution in [1.29, 1.82) is 0 Å². The Balaban J connectivity index is 1.64. The summed E-state index contributed by atoms with van der Waals surface area (Å²) in [5, 5.41) is 5.16. The average molecular weight is 351 g/mol. The van der Waals surface area contributed by atoms with Crippen LogP contribution in [0.5, 0.6) is 11.5 Å². The van der Waals surface area contributed by atoms with Crippen LogP contribution in [0, 0.1) is 6.92 Å². The summed E-state index contributed by atoms with van der Waals surface area (Å²) in [4.78, 5) is 12.0. The van der Waals surface area contributed by atoms with Gasteiger partial charge in [0.2, 0.25) is 0 Å². The molecule has 3 aromatic rings. The molecule has 0 aliphatic heterocycles. The van der Waals surface area contributed by atoms with Gasteiger partial charge in [-0.1, -0.05) is 30.3 Å². The minimum Gasteiger partial charge on any atom is -0.493 e. The molecule has 6 heteroatoms. The Morgan fingerprint density at radius 1 is 1.15 bits per heavy atom. The molecular formula is C20H21N3O3. The van der Waals surface area contributed by atoms with Crippen LogP contribution in [0.3, 0.4) is 0 Å². The van der Waals surface area contributed by atoms with Crippen molar-refractivity contribution in [3.8, 4) is 11.5 Å². The Kier molecular flexibility index (Phi) is 5.22. The summed E-state index contributed by atoms with van der Waals surface area (Å²) in [6, 6.07) is 15.2. The Labute approximate surface area is 152 Å². The summed E-state index contributed by atoms with van der Waals surface area (Å²) >= 11 is 0. The van der Waals surface area contributed by atoms with E-state index in [1.54, 1.807) is 25.5 Å². The number of carbonyl (C=O) groups excluding carboxylic acids is 1. The highest BCUT2D eigenvalue weighted by molar-refractivity contribution is 6.01. The fraction of sp³-hybridized carbons (Fsp3) is 0.200. The number of methoxy groups -OCH3 is 1. The van der Waals surface area contributed by atoms with E-state index in [-0.39, 0.29) is 12.5 Å². The van der Waals surface area contributed by atoms with Crippen LogP contribution < -0.4 is 14.9 Å². The minimum absolute atomic E-state index is 0.147. The normalized spacial score (nSPS) is 11.0. The van der Waals surface area contributed by atoms with Gasteiger partial charge in [0.1, 0.15) is 0 Å². The highest BCUT2D eigenvalue weighted by Gasteiger charge is 2.10. The number of aromatic nitrogens is 1. The monoisotopic (exact) mass is 351 g/mol. The number of nitrogens with one attached hydrogen (secondary N) is 1. The molecule has 3 rings (SSSR count). The number of para-hydroxylation sites is 3. The molecule has 6 nitrogen and oxygen atoms in total. The Bertz CT molecular complexity index is 960. The molecular weight excluding hydrogens is 330 g/mol. The van der Waals surface area contributed by atoms with Crippen LogP contribution >= 0.6 is 0 Å².